The van der Waals surface area contributed by atoms with Crippen molar-refractivity contribution in [2.75, 3.05) is 12.9 Å². The van der Waals surface area contributed by atoms with Gasteiger partial charge in [0.2, 0.25) is 0 Å². The zero-order valence-corrected chi connectivity index (χ0v) is 15.8. The number of nitrogens with zero attached hydrogens (tertiary/aromatic N) is 2. The van der Waals surface area contributed by atoms with Crippen molar-refractivity contribution in [1.29, 1.82) is 0 Å². The highest BCUT2D eigenvalue weighted by atomic mass is 32.2. The normalized spacial score (nSPS) is 12.4. The Morgan fingerprint density at radius 2 is 1.78 bits per heavy atom. The van der Waals surface area contributed by atoms with Gasteiger partial charge in [-0.25, -0.2) is 13.1 Å². The molecule has 0 fully saturated rings. The molecule has 1 aromatic heterocycles. The Hall–Kier alpha value is -2.36. The van der Waals surface area contributed by atoms with Gasteiger partial charge in [0.15, 0.2) is 15.6 Å². The van der Waals surface area contributed by atoms with Gasteiger partial charge in [-0.3, -0.25) is 4.79 Å². The number of hydrogen-bond acceptors (Lipinski definition) is 5. The largest absolute Gasteiger partial charge is 0.487 e. The van der Waals surface area contributed by atoms with E-state index in [0.717, 1.165) is 12.5 Å². The number of ether oxygens (including phenoxy) is 1. The molecule has 1 aromatic carbocycles. The molecule has 0 unspecified atom stereocenters. The molecule has 0 atom stereocenters. The van der Waals surface area contributed by atoms with Crippen LogP contribution in [-0.4, -0.2) is 37.2 Å². The molecule has 10 heteroatoms. The second kappa shape index (κ2) is 7.71. The Balaban J connectivity index is 2.54. The topological polar surface area (TPSA) is 78.3 Å². The Labute approximate surface area is 154 Å². The average Bonchev–Trinajstić information content (AvgIpc) is 2.53. The number of halogens is 3. The first kappa shape index (κ1) is 20.9. The SMILES string of the molecule is CC(C)COc1c(-c2ccc(S(C)(=O)=O)cc2)cnn(CC(F)(F)F)c1=O. The lowest BCUT2D eigenvalue weighted by Crippen LogP contribution is -2.31. The van der Waals surface area contributed by atoms with E-state index in [-0.39, 0.29) is 28.7 Å². The van der Waals surface area contributed by atoms with Crippen LogP contribution in [-0.2, 0) is 16.4 Å². The minimum Gasteiger partial charge on any atom is -0.487 e. The first-order valence-corrected chi connectivity index (χ1v) is 9.88. The van der Waals surface area contributed by atoms with E-state index in [1.807, 2.05) is 13.8 Å². The maximum atomic E-state index is 12.6. The minimum atomic E-state index is -4.61. The molecule has 0 saturated carbocycles. The molecular weight excluding hydrogens is 385 g/mol. The smallest absolute Gasteiger partial charge is 0.408 e. The summed E-state index contributed by atoms with van der Waals surface area (Å²) in [6.07, 6.45) is -2.44. The highest BCUT2D eigenvalue weighted by Crippen LogP contribution is 2.28. The molecule has 2 aromatic rings. The third-order valence-electron chi connectivity index (χ3n) is 3.48. The molecule has 0 radical (unpaired) electrons. The van der Waals surface area contributed by atoms with Crippen LogP contribution < -0.4 is 10.3 Å². The predicted molar refractivity (Wildman–Crippen MR) is 93.4 cm³/mol. The predicted octanol–water partition coefficient (Wildman–Crippen LogP) is 2.91. The molecule has 1 heterocycles. The molecule has 6 nitrogen and oxygen atoms in total. The summed E-state index contributed by atoms with van der Waals surface area (Å²) in [6.45, 7) is 2.25. The molecule has 148 valence electrons. The van der Waals surface area contributed by atoms with Crippen LogP contribution >= 0.6 is 0 Å². The number of sulfone groups is 1. The number of aromatic nitrogens is 2. The van der Waals surface area contributed by atoms with Crippen LogP contribution in [0.4, 0.5) is 13.2 Å². The fourth-order valence-electron chi connectivity index (χ4n) is 2.23. The number of hydrogen-bond donors (Lipinski definition) is 0. The standard InChI is InChI=1S/C17H19F3N2O4S/c1-11(2)9-26-15-14(8-21-22(16(15)23)10-17(18,19)20)12-4-6-13(7-5-12)27(3,24)25/h4-8,11H,9-10H2,1-3H3. The van der Waals surface area contributed by atoms with Gasteiger partial charge < -0.3 is 4.74 Å². The highest BCUT2D eigenvalue weighted by molar-refractivity contribution is 7.90. The molecule has 0 spiro atoms. The lowest BCUT2D eigenvalue weighted by molar-refractivity contribution is -0.143. The van der Waals surface area contributed by atoms with Crippen molar-refractivity contribution in [1.82, 2.24) is 9.78 Å². The van der Waals surface area contributed by atoms with Crippen molar-refractivity contribution in [2.45, 2.75) is 31.5 Å². The van der Waals surface area contributed by atoms with Gasteiger partial charge in [-0.1, -0.05) is 26.0 Å². The van der Waals surface area contributed by atoms with Crippen molar-refractivity contribution < 1.29 is 26.3 Å². The zero-order valence-electron chi connectivity index (χ0n) is 14.9. The van der Waals surface area contributed by atoms with Crippen molar-refractivity contribution in [3.63, 3.8) is 0 Å². The molecule has 0 N–H and O–H groups in total. The van der Waals surface area contributed by atoms with Gasteiger partial charge in [0.05, 0.1) is 17.7 Å². The van der Waals surface area contributed by atoms with Crippen LogP contribution in [0.3, 0.4) is 0 Å². The summed E-state index contributed by atoms with van der Waals surface area (Å²) in [5.41, 5.74) is -0.401. The molecule has 2 rings (SSSR count). The summed E-state index contributed by atoms with van der Waals surface area (Å²) >= 11 is 0. The summed E-state index contributed by atoms with van der Waals surface area (Å²) in [4.78, 5) is 12.5. The maximum absolute atomic E-state index is 12.6. The van der Waals surface area contributed by atoms with E-state index in [0.29, 0.717) is 10.2 Å². The summed E-state index contributed by atoms with van der Waals surface area (Å²) in [5, 5.41) is 3.58. The van der Waals surface area contributed by atoms with Gasteiger partial charge in [-0.2, -0.15) is 18.3 Å². The van der Waals surface area contributed by atoms with E-state index in [1.54, 1.807) is 0 Å². The van der Waals surface area contributed by atoms with Crippen LogP contribution in [0, 0.1) is 5.92 Å². The fourth-order valence-corrected chi connectivity index (χ4v) is 2.86. The van der Waals surface area contributed by atoms with Gasteiger partial charge >= 0.3 is 11.7 Å². The third kappa shape index (κ3) is 5.56. The monoisotopic (exact) mass is 404 g/mol. The van der Waals surface area contributed by atoms with Crippen LogP contribution in [0.15, 0.2) is 40.2 Å². The third-order valence-corrected chi connectivity index (χ3v) is 4.61. The van der Waals surface area contributed by atoms with Gasteiger partial charge in [0.1, 0.15) is 6.54 Å². The Morgan fingerprint density at radius 1 is 1.19 bits per heavy atom. The maximum Gasteiger partial charge on any atom is 0.408 e. The van der Waals surface area contributed by atoms with E-state index in [1.165, 1.54) is 24.3 Å². The zero-order chi connectivity index (χ0) is 20.4. The lowest BCUT2D eigenvalue weighted by atomic mass is 10.1. The first-order chi connectivity index (χ1) is 12.4. The van der Waals surface area contributed by atoms with E-state index < -0.39 is 28.1 Å². The quantitative estimate of drug-likeness (QED) is 0.740. The average molecular weight is 404 g/mol. The number of alkyl halides is 3. The van der Waals surface area contributed by atoms with Crippen LogP contribution in [0.1, 0.15) is 13.8 Å². The fraction of sp³-hybridized carbons (Fsp3) is 0.412. The molecule has 27 heavy (non-hydrogen) atoms. The molecule has 0 aliphatic carbocycles. The summed E-state index contributed by atoms with van der Waals surface area (Å²) in [6, 6.07) is 5.59. The summed E-state index contributed by atoms with van der Waals surface area (Å²) in [5.74, 6) is -0.218. The highest BCUT2D eigenvalue weighted by Gasteiger charge is 2.30. The van der Waals surface area contributed by atoms with E-state index in [9.17, 15) is 26.4 Å². The summed E-state index contributed by atoms with van der Waals surface area (Å²) < 4.78 is 66.8. The van der Waals surface area contributed by atoms with Crippen molar-refractivity contribution in [2.24, 2.45) is 5.92 Å². The van der Waals surface area contributed by atoms with E-state index >= 15 is 0 Å². The number of benzene rings is 1. The minimum absolute atomic E-state index is 0.0362. The first-order valence-electron chi connectivity index (χ1n) is 7.98. The van der Waals surface area contributed by atoms with E-state index in [2.05, 4.69) is 5.10 Å². The van der Waals surface area contributed by atoms with Crippen molar-refractivity contribution in [3.05, 3.63) is 40.8 Å². The Kier molecular flexibility index (Phi) is 5.98. The molecular formula is C17H19F3N2O4S. The Bertz CT molecular complexity index is 965. The van der Waals surface area contributed by atoms with Crippen LogP contribution in [0.25, 0.3) is 11.1 Å². The van der Waals surface area contributed by atoms with Gasteiger partial charge in [-0.05, 0) is 23.6 Å². The number of rotatable bonds is 6. The summed E-state index contributed by atoms with van der Waals surface area (Å²) in [7, 11) is -3.41. The van der Waals surface area contributed by atoms with Gasteiger partial charge in [0, 0.05) is 11.8 Å². The molecule has 0 aliphatic rings. The molecule has 0 bridgehead atoms. The van der Waals surface area contributed by atoms with E-state index in [4.69, 9.17) is 4.74 Å². The van der Waals surface area contributed by atoms with Gasteiger partial charge in [-0.15, -0.1) is 0 Å². The molecule has 0 saturated heterocycles. The van der Waals surface area contributed by atoms with Crippen molar-refractivity contribution in [3.8, 4) is 16.9 Å². The second-order valence-corrected chi connectivity index (χ2v) is 8.48. The second-order valence-electron chi connectivity index (χ2n) is 6.47. The Morgan fingerprint density at radius 3 is 2.26 bits per heavy atom. The van der Waals surface area contributed by atoms with Crippen molar-refractivity contribution >= 4 is 9.84 Å². The van der Waals surface area contributed by atoms with Crippen LogP contribution in [0.5, 0.6) is 5.75 Å². The lowest BCUT2D eigenvalue weighted by Gasteiger charge is -2.15. The van der Waals surface area contributed by atoms with Crippen LogP contribution in [0.2, 0.25) is 0 Å². The molecule has 0 amide bonds. The molecule has 0 aliphatic heterocycles. The van der Waals surface area contributed by atoms with Gasteiger partial charge in [0.25, 0.3) is 0 Å².